The van der Waals surface area contributed by atoms with E-state index in [9.17, 15) is 14.7 Å². The third-order valence-electron chi connectivity index (χ3n) is 3.83. The lowest BCUT2D eigenvalue weighted by molar-refractivity contribution is 0.0697. The standard InChI is InChI=1S/C19H16N2O3/c1-21(17-12-5-4-10-15(17)18(22)23)19(24)20-16-11-6-8-13-7-2-3-9-14(13)16/h2-12H,1H3,(H,20,24)(H,22,23). The molecule has 0 aliphatic rings. The van der Waals surface area contributed by atoms with E-state index in [-0.39, 0.29) is 5.56 Å². The summed E-state index contributed by atoms with van der Waals surface area (Å²) in [6.45, 7) is 0. The van der Waals surface area contributed by atoms with Crippen LogP contribution in [-0.4, -0.2) is 24.2 Å². The highest BCUT2D eigenvalue weighted by atomic mass is 16.4. The number of urea groups is 1. The number of rotatable bonds is 3. The van der Waals surface area contributed by atoms with E-state index in [1.165, 1.54) is 11.0 Å². The van der Waals surface area contributed by atoms with E-state index in [4.69, 9.17) is 0 Å². The highest BCUT2D eigenvalue weighted by Crippen LogP contribution is 2.25. The molecule has 24 heavy (non-hydrogen) atoms. The predicted octanol–water partition coefficient (Wildman–Crippen LogP) is 4.21. The van der Waals surface area contributed by atoms with Crippen LogP contribution in [0.15, 0.2) is 66.7 Å². The molecule has 0 aliphatic carbocycles. The average Bonchev–Trinajstić information content (AvgIpc) is 2.61. The fourth-order valence-corrected chi connectivity index (χ4v) is 2.59. The Kier molecular flexibility index (Phi) is 4.16. The number of carboxylic acids is 1. The van der Waals surface area contributed by atoms with Gasteiger partial charge in [-0.1, -0.05) is 48.5 Å². The summed E-state index contributed by atoms with van der Waals surface area (Å²) in [5, 5.41) is 14.1. The smallest absolute Gasteiger partial charge is 0.337 e. The number of hydrogen-bond acceptors (Lipinski definition) is 2. The van der Waals surface area contributed by atoms with Crippen LogP contribution in [0.25, 0.3) is 10.8 Å². The van der Waals surface area contributed by atoms with Crippen molar-refractivity contribution in [1.82, 2.24) is 0 Å². The number of carboxylic acid groups (broad SMARTS) is 1. The number of hydrogen-bond donors (Lipinski definition) is 2. The highest BCUT2D eigenvalue weighted by molar-refractivity contribution is 6.09. The van der Waals surface area contributed by atoms with E-state index in [2.05, 4.69) is 5.32 Å². The SMILES string of the molecule is CN(C(=O)Nc1cccc2ccccc12)c1ccccc1C(=O)O. The van der Waals surface area contributed by atoms with Crippen LogP contribution >= 0.6 is 0 Å². The van der Waals surface area contributed by atoms with Gasteiger partial charge in [-0.15, -0.1) is 0 Å². The van der Waals surface area contributed by atoms with Gasteiger partial charge >= 0.3 is 12.0 Å². The molecule has 0 fully saturated rings. The van der Waals surface area contributed by atoms with E-state index in [0.717, 1.165) is 10.8 Å². The van der Waals surface area contributed by atoms with Gasteiger partial charge < -0.3 is 10.4 Å². The highest BCUT2D eigenvalue weighted by Gasteiger charge is 2.18. The van der Waals surface area contributed by atoms with E-state index < -0.39 is 12.0 Å². The number of para-hydroxylation sites is 1. The van der Waals surface area contributed by atoms with Crippen LogP contribution < -0.4 is 10.2 Å². The first-order chi connectivity index (χ1) is 11.6. The maximum Gasteiger partial charge on any atom is 0.337 e. The summed E-state index contributed by atoms with van der Waals surface area (Å²) in [7, 11) is 1.54. The molecule has 3 rings (SSSR count). The predicted molar refractivity (Wildman–Crippen MR) is 94.8 cm³/mol. The third-order valence-corrected chi connectivity index (χ3v) is 3.83. The molecule has 0 saturated carbocycles. The Morgan fingerprint density at radius 2 is 1.58 bits per heavy atom. The molecule has 3 aromatic rings. The van der Waals surface area contributed by atoms with Gasteiger partial charge in [-0.25, -0.2) is 9.59 Å². The Morgan fingerprint density at radius 1 is 0.917 bits per heavy atom. The van der Waals surface area contributed by atoms with E-state index in [1.807, 2.05) is 42.5 Å². The van der Waals surface area contributed by atoms with Gasteiger partial charge in [-0.05, 0) is 23.6 Å². The lowest BCUT2D eigenvalue weighted by Gasteiger charge is -2.20. The van der Waals surface area contributed by atoms with Crippen molar-refractivity contribution in [2.45, 2.75) is 0 Å². The Balaban J connectivity index is 1.91. The van der Waals surface area contributed by atoms with E-state index in [0.29, 0.717) is 11.4 Å². The molecule has 0 aromatic heterocycles. The van der Waals surface area contributed by atoms with Crippen molar-refractivity contribution in [3.8, 4) is 0 Å². The number of carbonyl (C=O) groups excluding carboxylic acids is 1. The molecule has 3 aromatic carbocycles. The summed E-state index contributed by atoms with van der Waals surface area (Å²) in [5.41, 5.74) is 1.09. The summed E-state index contributed by atoms with van der Waals surface area (Å²) in [4.78, 5) is 25.2. The zero-order valence-corrected chi connectivity index (χ0v) is 13.1. The van der Waals surface area contributed by atoms with Gasteiger partial charge in [0.05, 0.1) is 16.9 Å². The quantitative estimate of drug-likeness (QED) is 0.759. The number of amides is 2. The Hall–Kier alpha value is -3.34. The second kappa shape index (κ2) is 6.42. The van der Waals surface area contributed by atoms with Crippen molar-refractivity contribution in [2.75, 3.05) is 17.3 Å². The first-order valence-corrected chi connectivity index (χ1v) is 7.42. The zero-order valence-electron chi connectivity index (χ0n) is 13.1. The van der Waals surface area contributed by atoms with Gasteiger partial charge in [0, 0.05) is 12.4 Å². The molecule has 0 atom stereocenters. The van der Waals surface area contributed by atoms with Crippen molar-refractivity contribution < 1.29 is 14.7 Å². The summed E-state index contributed by atoms with van der Waals surface area (Å²) >= 11 is 0. The second-order valence-corrected chi connectivity index (χ2v) is 5.34. The average molecular weight is 320 g/mol. The van der Waals surface area contributed by atoms with Crippen molar-refractivity contribution in [1.29, 1.82) is 0 Å². The van der Waals surface area contributed by atoms with E-state index >= 15 is 0 Å². The minimum atomic E-state index is -1.07. The van der Waals surface area contributed by atoms with Crippen molar-refractivity contribution in [2.24, 2.45) is 0 Å². The number of benzene rings is 3. The minimum Gasteiger partial charge on any atom is -0.478 e. The van der Waals surface area contributed by atoms with Crippen LogP contribution in [0.1, 0.15) is 10.4 Å². The topological polar surface area (TPSA) is 69.6 Å². The number of nitrogens with one attached hydrogen (secondary N) is 1. The minimum absolute atomic E-state index is 0.0769. The summed E-state index contributed by atoms with van der Waals surface area (Å²) in [5.74, 6) is -1.07. The fraction of sp³-hybridized carbons (Fsp3) is 0.0526. The number of nitrogens with zero attached hydrogens (tertiary/aromatic N) is 1. The van der Waals surface area contributed by atoms with Crippen LogP contribution in [0.3, 0.4) is 0 Å². The molecule has 2 N–H and O–H groups in total. The van der Waals surface area contributed by atoms with Gasteiger partial charge in [0.15, 0.2) is 0 Å². The van der Waals surface area contributed by atoms with Crippen LogP contribution in [0.2, 0.25) is 0 Å². The monoisotopic (exact) mass is 320 g/mol. The molecule has 0 spiro atoms. The third kappa shape index (κ3) is 2.92. The molecule has 5 nitrogen and oxygen atoms in total. The van der Waals surface area contributed by atoms with Gasteiger partial charge in [0.2, 0.25) is 0 Å². The second-order valence-electron chi connectivity index (χ2n) is 5.34. The molecule has 120 valence electrons. The first kappa shape index (κ1) is 15.6. The van der Waals surface area contributed by atoms with Crippen LogP contribution in [-0.2, 0) is 0 Å². The lowest BCUT2D eigenvalue weighted by Crippen LogP contribution is -2.32. The Morgan fingerprint density at radius 3 is 2.38 bits per heavy atom. The molecule has 0 radical (unpaired) electrons. The summed E-state index contributed by atoms with van der Waals surface area (Å²) < 4.78 is 0. The number of aromatic carboxylic acids is 1. The number of fused-ring (bicyclic) bond motifs is 1. The van der Waals surface area contributed by atoms with E-state index in [1.54, 1.807) is 25.2 Å². The summed E-state index contributed by atoms with van der Waals surface area (Å²) in [6, 6.07) is 19.4. The lowest BCUT2D eigenvalue weighted by atomic mass is 10.1. The maximum atomic E-state index is 12.6. The van der Waals surface area contributed by atoms with Crippen molar-refractivity contribution in [3.63, 3.8) is 0 Å². The summed E-state index contributed by atoms with van der Waals surface area (Å²) in [6.07, 6.45) is 0. The molecule has 0 aliphatic heterocycles. The van der Waals surface area contributed by atoms with Crippen LogP contribution in [0.5, 0.6) is 0 Å². The van der Waals surface area contributed by atoms with Crippen molar-refractivity contribution >= 4 is 34.1 Å². The van der Waals surface area contributed by atoms with Crippen molar-refractivity contribution in [3.05, 3.63) is 72.3 Å². The molecule has 2 amide bonds. The first-order valence-electron chi connectivity index (χ1n) is 7.42. The number of carbonyl (C=O) groups is 2. The molecular formula is C19H16N2O3. The molecule has 0 heterocycles. The molecule has 0 unspecified atom stereocenters. The van der Waals surface area contributed by atoms with Crippen LogP contribution in [0, 0.1) is 0 Å². The largest absolute Gasteiger partial charge is 0.478 e. The maximum absolute atomic E-state index is 12.6. The van der Waals surface area contributed by atoms with Gasteiger partial charge in [0.25, 0.3) is 0 Å². The Labute approximate surface area is 139 Å². The molecular weight excluding hydrogens is 304 g/mol. The zero-order chi connectivity index (χ0) is 17.1. The number of anilines is 2. The molecule has 0 bridgehead atoms. The van der Waals surface area contributed by atoms with Gasteiger partial charge in [-0.2, -0.15) is 0 Å². The van der Waals surface area contributed by atoms with Crippen LogP contribution in [0.4, 0.5) is 16.2 Å². The molecule has 0 saturated heterocycles. The fourth-order valence-electron chi connectivity index (χ4n) is 2.59. The Bertz CT molecular complexity index is 916. The normalized spacial score (nSPS) is 10.4. The van der Waals surface area contributed by atoms with Gasteiger partial charge in [-0.3, -0.25) is 4.90 Å². The molecule has 5 heteroatoms. The van der Waals surface area contributed by atoms with Gasteiger partial charge in [0.1, 0.15) is 0 Å².